The number of benzene rings is 2. The number of anilines is 1. The molecule has 0 N–H and O–H groups in total. The third-order valence-corrected chi connectivity index (χ3v) is 6.67. The van der Waals surface area contributed by atoms with Crippen molar-refractivity contribution in [2.75, 3.05) is 31.0 Å². The van der Waals surface area contributed by atoms with Crippen LogP contribution < -0.4 is 9.04 Å². The van der Waals surface area contributed by atoms with Gasteiger partial charge in [-0.3, -0.25) is 4.90 Å². The number of methoxy groups -OCH3 is 1. The van der Waals surface area contributed by atoms with Crippen LogP contribution in [-0.2, 0) is 6.54 Å². The highest BCUT2D eigenvalue weighted by Gasteiger charge is 2.44. The second-order valence-electron chi connectivity index (χ2n) is 6.89. The van der Waals surface area contributed by atoms with Crippen molar-refractivity contribution in [2.24, 2.45) is 0 Å². The minimum Gasteiger partial charge on any atom is -0.494 e. The van der Waals surface area contributed by atoms with Crippen LogP contribution in [0.3, 0.4) is 0 Å². The number of hydrogen-bond donors (Lipinski definition) is 0. The monoisotopic (exact) mass is 358 g/mol. The lowest BCUT2D eigenvalue weighted by Gasteiger charge is -2.24. The van der Waals surface area contributed by atoms with Gasteiger partial charge in [0.05, 0.1) is 11.9 Å². The van der Waals surface area contributed by atoms with Gasteiger partial charge in [0.25, 0.3) is 0 Å². The molecule has 0 aromatic heterocycles. The number of para-hydroxylation sites is 1. The Morgan fingerprint density at radius 2 is 1.92 bits per heavy atom. The Hall–Kier alpha value is -1.72. The SMILES string of the molecule is COc1ccc(CN2CCC3(CCN(c4ccccc4)S3)C2)cc1F. The molecule has 2 aliphatic heterocycles. The Bertz CT molecular complexity index is 742. The molecular formula is C20H23FN2OS. The van der Waals surface area contributed by atoms with E-state index in [0.29, 0.717) is 10.5 Å². The maximum atomic E-state index is 13.9. The quantitative estimate of drug-likeness (QED) is 0.755. The van der Waals surface area contributed by atoms with Gasteiger partial charge in [-0.2, -0.15) is 0 Å². The lowest BCUT2D eigenvalue weighted by Crippen LogP contribution is -2.28. The maximum absolute atomic E-state index is 13.9. The highest BCUT2D eigenvalue weighted by atomic mass is 32.2. The second-order valence-corrected chi connectivity index (χ2v) is 8.38. The van der Waals surface area contributed by atoms with Gasteiger partial charge in [0.2, 0.25) is 0 Å². The molecule has 0 aliphatic carbocycles. The van der Waals surface area contributed by atoms with E-state index < -0.39 is 0 Å². The zero-order chi connectivity index (χ0) is 17.3. The van der Waals surface area contributed by atoms with Crippen molar-refractivity contribution in [2.45, 2.75) is 24.1 Å². The number of halogens is 1. The summed E-state index contributed by atoms with van der Waals surface area (Å²) in [7, 11) is 1.50. The van der Waals surface area contributed by atoms with Gasteiger partial charge < -0.3 is 9.04 Å². The molecule has 2 saturated heterocycles. The maximum Gasteiger partial charge on any atom is 0.165 e. The van der Waals surface area contributed by atoms with Crippen molar-refractivity contribution in [1.82, 2.24) is 4.90 Å². The van der Waals surface area contributed by atoms with Crippen LogP contribution in [0.2, 0.25) is 0 Å². The Morgan fingerprint density at radius 3 is 2.68 bits per heavy atom. The van der Waals surface area contributed by atoms with Crippen molar-refractivity contribution in [3.8, 4) is 5.75 Å². The summed E-state index contributed by atoms with van der Waals surface area (Å²) >= 11 is 1.99. The molecule has 25 heavy (non-hydrogen) atoms. The molecule has 0 amide bonds. The zero-order valence-electron chi connectivity index (χ0n) is 14.5. The van der Waals surface area contributed by atoms with Crippen molar-refractivity contribution in [1.29, 1.82) is 0 Å². The van der Waals surface area contributed by atoms with Crippen molar-refractivity contribution in [3.05, 3.63) is 59.9 Å². The summed E-state index contributed by atoms with van der Waals surface area (Å²) < 4.78 is 21.6. The fraction of sp³-hybridized carbons (Fsp3) is 0.400. The van der Waals surface area contributed by atoms with Crippen LogP contribution in [-0.4, -0.2) is 36.4 Å². The molecule has 5 heteroatoms. The van der Waals surface area contributed by atoms with Crippen molar-refractivity contribution in [3.63, 3.8) is 0 Å². The smallest absolute Gasteiger partial charge is 0.165 e. The molecule has 1 atom stereocenters. The molecule has 0 saturated carbocycles. The zero-order valence-corrected chi connectivity index (χ0v) is 15.3. The number of ether oxygens (including phenoxy) is 1. The lowest BCUT2D eigenvalue weighted by molar-refractivity contribution is 0.320. The van der Waals surface area contributed by atoms with E-state index in [1.54, 1.807) is 12.1 Å². The summed E-state index contributed by atoms with van der Waals surface area (Å²) in [6.07, 6.45) is 2.40. The van der Waals surface area contributed by atoms with E-state index in [0.717, 1.165) is 31.7 Å². The largest absolute Gasteiger partial charge is 0.494 e. The van der Waals surface area contributed by atoms with Crippen LogP contribution >= 0.6 is 11.9 Å². The van der Waals surface area contributed by atoms with Gasteiger partial charge in [-0.15, -0.1) is 0 Å². The third-order valence-electron chi connectivity index (χ3n) is 5.14. The molecule has 4 rings (SSSR count). The summed E-state index contributed by atoms with van der Waals surface area (Å²) in [5, 5.41) is 0. The van der Waals surface area contributed by atoms with Crippen LogP contribution in [0.25, 0.3) is 0 Å². The summed E-state index contributed by atoms with van der Waals surface area (Å²) in [6.45, 7) is 4.03. The molecule has 1 spiro atoms. The number of nitrogens with zero attached hydrogens (tertiary/aromatic N) is 2. The highest BCUT2D eigenvalue weighted by molar-refractivity contribution is 8.02. The predicted octanol–water partition coefficient (Wildman–Crippen LogP) is 4.34. The van der Waals surface area contributed by atoms with Gasteiger partial charge >= 0.3 is 0 Å². The molecule has 2 fully saturated rings. The first-order valence-electron chi connectivity index (χ1n) is 8.74. The normalized spacial score (nSPS) is 23.5. The van der Waals surface area contributed by atoms with E-state index in [2.05, 4.69) is 39.5 Å². The Morgan fingerprint density at radius 1 is 1.12 bits per heavy atom. The van der Waals surface area contributed by atoms with E-state index in [1.807, 2.05) is 18.0 Å². The average Bonchev–Trinajstić information content (AvgIpc) is 3.23. The molecule has 132 valence electrons. The molecule has 2 heterocycles. The van der Waals surface area contributed by atoms with Crippen LogP contribution in [0.1, 0.15) is 18.4 Å². The van der Waals surface area contributed by atoms with E-state index >= 15 is 0 Å². The van der Waals surface area contributed by atoms with Crippen LogP contribution in [0.15, 0.2) is 48.5 Å². The predicted molar refractivity (Wildman–Crippen MR) is 102 cm³/mol. The minimum absolute atomic E-state index is 0.278. The Balaban J connectivity index is 1.39. The van der Waals surface area contributed by atoms with E-state index in [1.165, 1.54) is 25.6 Å². The van der Waals surface area contributed by atoms with Gasteiger partial charge in [0, 0.05) is 25.3 Å². The Labute approximate surface area is 152 Å². The molecule has 2 aliphatic rings. The van der Waals surface area contributed by atoms with E-state index in [-0.39, 0.29) is 5.82 Å². The lowest BCUT2D eigenvalue weighted by atomic mass is 10.0. The summed E-state index contributed by atoms with van der Waals surface area (Å²) in [5.41, 5.74) is 2.30. The third kappa shape index (κ3) is 3.48. The minimum atomic E-state index is -0.278. The number of rotatable bonds is 4. The molecule has 0 radical (unpaired) electrons. The van der Waals surface area contributed by atoms with Crippen LogP contribution in [0.4, 0.5) is 10.1 Å². The van der Waals surface area contributed by atoms with Gasteiger partial charge in [-0.1, -0.05) is 24.3 Å². The molecule has 1 unspecified atom stereocenters. The summed E-state index contributed by atoms with van der Waals surface area (Å²) in [6, 6.07) is 15.9. The molecule has 3 nitrogen and oxygen atoms in total. The molecule has 0 bridgehead atoms. The van der Waals surface area contributed by atoms with Gasteiger partial charge in [-0.25, -0.2) is 4.39 Å². The van der Waals surface area contributed by atoms with Crippen molar-refractivity contribution >= 4 is 17.6 Å². The second kappa shape index (κ2) is 6.89. The summed E-state index contributed by atoms with van der Waals surface area (Å²) in [5.74, 6) is 0.0332. The van der Waals surface area contributed by atoms with Gasteiger partial charge in [0.15, 0.2) is 11.6 Å². The topological polar surface area (TPSA) is 15.7 Å². The first-order valence-corrected chi connectivity index (χ1v) is 9.51. The van der Waals surface area contributed by atoms with E-state index in [4.69, 9.17) is 4.74 Å². The van der Waals surface area contributed by atoms with Gasteiger partial charge in [0.1, 0.15) is 0 Å². The fourth-order valence-electron chi connectivity index (χ4n) is 3.81. The van der Waals surface area contributed by atoms with Crippen molar-refractivity contribution < 1.29 is 9.13 Å². The first-order chi connectivity index (χ1) is 12.2. The molecule has 2 aromatic carbocycles. The molecular weight excluding hydrogens is 335 g/mol. The summed E-state index contributed by atoms with van der Waals surface area (Å²) in [4.78, 5) is 2.45. The highest BCUT2D eigenvalue weighted by Crippen LogP contribution is 2.47. The fourth-order valence-corrected chi connectivity index (χ4v) is 5.30. The van der Waals surface area contributed by atoms with Crippen LogP contribution in [0.5, 0.6) is 5.75 Å². The molecule has 2 aromatic rings. The Kier molecular flexibility index (Phi) is 4.61. The van der Waals surface area contributed by atoms with E-state index in [9.17, 15) is 4.39 Å². The van der Waals surface area contributed by atoms with Gasteiger partial charge in [-0.05, 0) is 61.2 Å². The number of likely N-dealkylation sites (tertiary alicyclic amines) is 1. The number of hydrogen-bond acceptors (Lipinski definition) is 4. The standard InChI is InChI=1S/C20H23FN2OS/c1-24-19-8-7-16(13-18(19)21)14-22-11-9-20(15-22)10-12-23(25-20)17-5-3-2-4-6-17/h2-8,13H,9-12,14-15H2,1H3. The van der Waals surface area contributed by atoms with Crippen LogP contribution in [0, 0.1) is 5.82 Å². The average molecular weight is 358 g/mol. The first kappa shape index (κ1) is 16.7.